The lowest BCUT2D eigenvalue weighted by Gasteiger charge is -2.12. The summed E-state index contributed by atoms with van der Waals surface area (Å²) in [5, 5.41) is 2.22. The molecule has 0 aliphatic heterocycles. The molecule has 0 spiro atoms. The van der Waals surface area contributed by atoms with Crippen molar-refractivity contribution in [3.63, 3.8) is 0 Å². The summed E-state index contributed by atoms with van der Waals surface area (Å²) in [7, 11) is 0. The van der Waals surface area contributed by atoms with E-state index in [0.717, 1.165) is 30.1 Å². The number of hydrogen-bond acceptors (Lipinski definition) is 4. The van der Waals surface area contributed by atoms with Crippen LogP contribution in [0.25, 0.3) is 0 Å². The molecule has 36 heavy (non-hydrogen) atoms. The predicted molar refractivity (Wildman–Crippen MR) is 139 cm³/mol. The average Bonchev–Trinajstić information content (AvgIpc) is 2.85. The van der Waals surface area contributed by atoms with Crippen LogP contribution >= 0.6 is 39.1 Å². The Bertz CT molecular complexity index is 1370. The van der Waals surface area contributed by atoms with Crippen molar-refractivity contribution in [2.24, 2.45) is 10.7 Å². The molecular formula is C25H17BrCl2F3N3O2. The molecule has 0 radical (unpaired) electrons. The van der Waals surface area contributed by atoms with E-state index in [4.69, 9.17) is 28.9 Å². The van der Waals surface area contributed by atoms with Gasteiger partial charge in [0.1, 0.15) is 0 Å². The van der Waals surface area contributed by atoms with Gasteiger partial charge in [0.25, 0.3) is 5.91 Å². The second-order valence-corrected chi connectivity index (χ2v) is 8.94. The van der Waals surface area contributed by atoms with Crippen molar-refractivity contribution >= 4 is 68.4 Å². The van der Waals surface area contributed by atoms with Crippen LogP contribution in [0.4, 0.5) is 24.5 Å². The highest BCUT2D eigenvalue weighted by atomic mass is 79.9. The van der Waals surface area contributed by atoms with E-state index in [9.17, 15) is 22.8 Å². The minimum atomic E-state index is -4.67. The number of nitrogens with one attached hydrogen (secondary N) is 1. The highest BCUT2D eigenvalue weighted by Gasteiger charge is 2.33. The summed E-state index contributed by atoms with van der Waals surface area (Å²) < 4.78 is 39.9. The van der Waals surface area contributed by atoms with E-state index in [2.05, 4.69) is 26.2 Å². The molecule has 3 N–H and O–H groups in total. The van der Waals surface area contributed by atoms with Gasteiger partial charge in [-0.05, 0) is 54.1 Å². The van der Waals surface area contributed by atoms with Gasteiger partial charge >= 0.3 is 6.18 Å². The molecule has 11 heteroatoms. The topological polar surface area (TPSA) is 84.5 Å². The minimum Gasteiger partial charge on any atom is -0.404 e. The highest BCUT2D eigenvalue weighted by molar-refractivity contribution is 9.10. The third kappa shape index (κ3) is 6.75. The number of amides is 1. The van der Waals surface area contributed by atoms with Crippen molar-refractivity contribution in [2.75, 3.05) is 5.32 Å². The number of Topliss-reactive ketones (excluding diaryl/α,β-unsaturated/α-hetero) is 1. The van der Waals surface area contributed by atoms with Gasteiger partial charge in [0.2, 0.25) is 0 Å². The minimum absolute atomic E-state index is 0.0826. The molecule has 3 aromatic rings. The molecule has 0 aliphatic rings. The fraction of sp³-hybridized carbons (Fsp3) is 0.0800. The van der Waals surface area contributed by atoms with Crippen LogP contribution in [0.5, 0.6) is 0 Å². The Labute approximate surface area is 222 Å². The second-order valence-electron chi connectivity index (χ2n) is 7.35. The largest absolute Gasteiger partial charge is 0.417 e. The van der Waals surface area contributed by atoms with Gasteiger partial charge in [-0.1, -0.05) is 39.7 Å². The lowest BCUT2D eigenvalue weighted by Crippen LogP contribution is -2.16. The molecule has 0 bridgehead atoms. The maximum atomic E-state index is 13.2. The summed E-state index contributed by atoms with van der Waals surface area (Å²) in [4.78, 5) is 30.0. The number of alkyl halides is 4. The molecule has 0 heterocycles. The lowest BCUT2D eigenvalue weighted by atomic mass is 10.0. The summed E-state index contributed by atoms with van der Waals surface area (Å²) >= 11 is 14.8. The van der Waals surface area contributed by atoms with Crippen LogP contribution < -0.4 is 11.1 Å². The lowest BCUT2D eigenvalue weighted by molar-refractivity contribution is -0.137. The monoisotopic (exact) mass is 597 g/mol. The number of anilines is 1. The summed E-state index contributed by atoms with van der Waals surface area (Å²) in [6, 6.07) is 14.4. The Morgan fingerprint density at radius 3 is 2.50 bits per heavy atom. The van der Waals surface area contributed by atoms with E-state index in [1.807, 2.05) is 0 Å². The standard InChI is InChI=1S/C25H17BrCl2F3N3O2/c26-17-4-7-22(34-24(36)15-3-1-2-14(8-15)11-27)19(9-17)23(35)16(12-32)13-33-18-5-6-21(28)20(10-18)25(29,30)31/h1-10,12-13H,11,32H2,(H,34,36). The maximum Gasteiger partial charge on any atom is 0.417 e. The van der Waals surface area contributed by atoms with Gasteiger partial charge in [0.15, 0.2) is 5.78 Å². The van der Waals surface area contributed by atoms with Crippen LogP contribution in [0.3, 0.4) is 0 Å². The molecule has 0 unspecified atom stereocenters. The quantitative estimate of drug-likeness (QED) is 0.127. The van der Waals surface area contributed by atoms with E-state index < -0.39 is 28.5 Å². The molecule has 1 amide bonds. The smallest absolute Gasteiger partial charge is 0.404 e. The Morgan fingerprint density at radius 2 is 1.83 bits per heavy atom. The van der Waals surface area contributed by atoms with E-state index in [-0.39, 0.29) is 28.4 Å². The molecule has 3 aromatic carbocycles. The number of rotatable bonds is 7. The molecule has 186 valence electrons. The first-order chi connectivity index (χ1) is 17.0. The molecule has 0 saturated heterocycles. The Kier molecular flexibility index (Phi) is 8.94. The number of aliphatic imine (C=N–C) groups is 1. The zero-order valence-corrected chi connectivity index (χ0v) is 21.3. The summed E-state index contributed by atoms with van der Waals surface area (Å²) in [5.41, 5.74) is 5.74. The van der Waals surface area contributed by atoms with E-state index in [0.29, 0.717) is 10.0 Å². The van der Waals surface area contributed by atoms with Crippen LogP contribution in [0, 0.1) is 0 Å². The fourth-order valence-electron chi connectivity index (χ4n) is 3.09. The molecule has 0 aliphatic carbocycles. The number of halogens is 6. The first-order valence-corrected chi connectivity index (χ1v) is 11.9. The molecule has 0 saturated carbocycles. The number of carbonyl (C=O) groups excluding carboxylic acids is 2. The van der Waals surface area contributed by atoms with E-state index >= 15 is 0 Å². The normalized spacial score (nSPS) is 12.1. The van der Waals surface area contributed by atoms with Gasteiger partial charge in [-0.2, -0.15) is 13.2 Å². The number of allylic oxidation sites excluding steroid dienone is 1. The number of nitrogens with zero attached hydrogens (tertiary/aromatic N) is 1. The van der Waals surface area contributed by atoms with Gasteiger partial charge in [0.05, 0.1) is 27.5 Å². The van der Waals surface area contributed by atoms with E-state index in [1.54, 1.807) is 30.3 Å². The van der Waals surface area contributed by atoms with Crippen LogP contribution in [0.15, 0.2) is 81.9 Å². The average molecular weight is 599 g/mol. The number of carbonyl (C=O) groups is 2. The van der Waals surface area contributed by atoms with Crippen molar-refractivity contribution in [3.05, 3.63) is 104 Å². The van der Waals surface area contributed by atoms with Gasteiger partial charge in [-0.15, -0.1) is 11.6 Å². The van der Waals surface area contributed by atoms with Crippen molar-refractivity contribution in [3.8, 4) is 0 Å². The summed E-state index contributed by atoms with van der Waals surface area (Å²) in [5.74, 6) is -0.853. The Morgan fingerprint density at radius 1 is 1.08 bits per heavy atom. The van der Waals surface area contributed by atoms with Crippen LogP contribution in [0.2, 0.25) is 5.02 Å². The third-order valence-electron chi connectivity index (χ3n) is 4.87. The van der Waals surface area contributed by atoms with Crippen LogP contribution in [-0.4, -0.2) is 17.9 Å². The van der Waals surface area contributed by atoms with Gasteiger partial charge in [-0.25, -0.2) is 0 Å². The van der Waals surface area contributed by atoms with Gasteiger partial charge in [0, 0.05) is 33.9 Å². The van der Waals surface area contributed by atoms with Crippen LogP contribution in [-0.2, 0) is 12.1 Å². The maximum absolute atomic E-state index is 13.2. The number of nitrogens with two attached hydrogens (primary N) is 1. The van der Waals surface area contributed by atoms with Gasteiger partial charge < -0.3 is 11.1 Å². The van der Waals surface area contributed by atoms with Crippen molar-refractivity contribution in [2.45, 2.75) is 12.1 Å². The molecular weight excluding hydrogens is 582 g/mol. The zero-order chi connectivity index (χ0) is 26.5. The first kappa shape index (κ1) is 27.4. The molecule has 0 aromatic heterocycles. The van der Waals surface area contributed by atoms with Crippen molar-refractivity contribution in [1.82, 2.24) is 0 Å². The Hall–Kier alpha value is -3.14. The number of benzene rings is 3. The molecule has 0 atom stereocenters. The predicted octanol–water partition coefficient (Wildman–Crippen LogP) is 7.54. The second kappa shape index (κ2) is 11.7. The van der Waals surface area contributed by atoms with Crippen molar-refractivity contribution < 1.29 is 22.8 Å². The molecule has 5 nitrogen and oxygen atoms in total. The number of hydrogen-bond donors (Lipinski definition) is 2. The molecule has 3 rings (SSSR count). The third-order valence-corrected chi connectivity index (χ3v) is 6.00. The first-order valence-electron chi connectivity index (χ1n) is 10.2. The summed E-state index contributed by atoms with van der Waals surface area (Å²) in [6.07, 6.45) is -2.65. The number of ketones is 1. The van der Waals surface area contributed by atoms with E-state index in [1.165, 1.54) is 18.2 Å². The Balaban J connectivity index is 1.90. The fourth-order valence-corrected chi connectivity index (χ4v) is 3.84. The SMILES string of the molecule is NC=C(C=Nc1ccc(Cl)c(C(F)(F)F)c1)C(=O)c1cc(Br)ccc1NC(=O)c1cccc(CCl)c1. The van der Waals surface area contributed by atoms with Gasteiger partial charge in [-0.3, -0.25) is 14.6 Å². The summed E-state index contributed by atoms with van der Waals surface area (Å²) in [6.45, 7) is 0. The molecule has 0 fully saturated rings. The zero-order valence-electron chi connectivity index (χ0n) is 18.2. The highest BCUT2D eigenvalue weighted by Crippen LogP contribution is 2.36. The van der Waals surface area contributed by atoms with Crippen molar-refractivity contribution in [1.29, 1.82) is 0 Å². The van der Waals surface area contributed by atoms with Crippen LogP contribution in [0.1, 0.15) is 31.8 Å².